The molecule has 32 heavy (non-hydrogen) atoms. The van der Waals surface area contributed by atoms with E-state index < -0.39 is 23.5 Å². The Morgan fingerprint density at radius 1 is 1.09 bits per heavy atom. The summed E-state index contributed by atoms with van der Waals surface area (Å²) < 4.78 is 19.2. The molecule has 6 nitrogen and oxygen atoms in total. The van der Waals surface area contributed by atoms with Crippen LogP contribution in [0.5, 0.6) is 5.75 Å². The van der Waals surface area contributed by atoms with Crippen molar-refractivity contribution >= 4 is 17.4 Å². The number of carbonyl (C=O) groups is 2. The van der Waals surface area contributed by atoms with Gasteiger partial charge in [0.15, 0.2) is 0 Å². The van der Waals surface area contributed by atoms with Crippen molar-refractivity contribution < 1.29 is 23.8 Å². The first kappa shape index (κ1) is 23.5. The van der Waals surface area contributed by atoms with Crippen LogP contribution in [0.1, 0.15) is 31.0 Å². The minimum absolute atomic E-state index is 0.00351. The molecular formula is C25H29FN2O4. The highest BCUT2D eigenvalue weighted by molar-refractivity contribution is 6.46. The Morgan fingerprint density at radius 3 is 2.28 bits per heavy atom. The Kier molecular flexibility index (Phi) is 7.30. The number of aliphatic hydroxyl groups excluding tert-OH is 1. The van der Waals surface area contributed by atoms with Crippen LogP contribution in [0.4, 0.5) is 4.39 Å². The summed E-state index contributed by atoms with van der Waals surface area (Å²) >= 11 is 0. The molecule has 1 fully saturated rings. The molecule has 1 amide bonds. The van der Waals surface area contributed by atoms with Crippen LogP contribution < -0.4 is 4.74 Å². The Morgan fingerprint density at radius 2 is 1.72 bits per heavy atom. The molecule has 1 saturated heterocycles. The number of hydrogen-bond acceptors (Lipinski definition) is 5. The lowest BCUT2D eigenvalue weighted by molar-refractivity contribution is -0.140. The maximum Gasteiger partial charge on any atom is 0.295 e. The van der Waals surface area contributed by atoms with E-state index in [1.807, 2.05) is 32.8 Å². The minimum atomic E-state index is -0.799. The van der Waals surface area contributed by atoms with E-state index in [9.17, 15) is 19.1 Å². The van der Waals surface area contributed by atoms with Gasteiger partial charge in [0, 0.05) is 18.7 Å². The fourth-order valence-corrected chi connectivity index (χ4v) is 3.54. The summed E-state index contributed by atoms with van der Waals surface area (Å²) in [6, 6.07) is 11.6. The average molecular weight is 441 g/mol. The second-order valence-corrected chi connectivity index (χ2v) is 8.58. The van der Waals surface area contributed by atoms with Gasteiger partial charge in [-0.2, -0.15) is 0 Å². The Balaban J connectivity index is 2.02. The molecule has 1 aliphatic heterocycles. The second kappa shape index (κ2) is 9.96. The molecule has 1 unspecified atom stereocenters. The molecule has 0 aliphatic carbocycles. The first-order valence-corrected chi connectivity index (χ1v) is 10.6. The number of likely N-dealkylation sites (N-methyl/N-ethyl adjacent to an activating group) is 1. The van der Waals surface area contributed by atoms with Crippen molar-refractivity contribution in [1.29, 1.82) is 0 Å². The van der Waals surface area contributed by atoms with Crippen molar-refractivity contribution in [3.05, 3.63) is 71.0 Å². The van der Waals surface area contributed by atoms with Crippen molar-refractivity contribution in [3.63, 3.8) is 0 Å². The molecule has 0 radical (unpaired) electrons. The van der Waals surface area contributed by atoms with Crippen molar-refractivity contribution in [2.24, 2.45) is 5.92 Å². The minimum Gasteiger partial charge on any atom is -0.507 e. The van der Waals surface area contributed by atoms with Crippen LogP contribution in [0, 0.1) is 11.7 Å². The number of amides is 1. The van der Waals surface area contributed by atoms with E-state index in [1.54, 1.807) is 24.3 Å². The van der Waals surface area contributed by atoms with E-state index in [0.29, 0.717) is 42.5 Å². The third-order valence-electron chi connectivity index (χ3n) is 5.22. The molecule has 170 valence electrons. The van der Waals surface area contributed by atoms with Gasteiger partial charge in [-0.3, -0.25) is 9.59 Å². The third-order valence-corrected chi connectivity index (χ3v) is 5.22. The van der Waals surface area contributed by atoms with Gasteiger partial charge in [0.05, 0.1) is 18.2 Å². The SMILES string of the molecule is CC(C)COc1ccc(/C(O)=C2\C(=O)C(=O)N(CCN(C)C)C2c2ccc(F)cc2)cc1. The lowest BCUT2D eigenvalue weighted by Gasteiger charge is -2.26. The van der Waals surface area contributed by atoms with E-state index >= 15 is 0 Å². The van der Waals surface area contributed by atoms with E-state index in [1.165, 1.54) is 29.2 Å². The quantitative estimate of drug-likeness (QED) is 0.384. The molecule has 2 aromatic rings. The fraction of sp³-hybridized carbons (Fsp3) is 0.360. The Bertz CT molecular complexity index is 998. The van der Waals surface area contributed by atoms with Crippen molar-refractivity contribution in [1.82, 2.24) is 9.80 Å². The summed E-state index contributed by atoms with van der Waals surface area (Å²) in [5.74, 6) is -1.10. The number of halogens is 1. The lowest BCUT2D eigenvalue weighted by atomic mass is 9.95. The zero-order chi connectivity index (χ0) is 23.4. The van der Waals surface area contributed by atoms with Crippen LogP contribution in [0.2, 0.25) is 0 Å². The van der Waals surface area contributed by atoms with Gasteiger partial charge in [-0.05, 0) is 62.0 Å². The summed E-state index contributed by atoms with van der Waals surface area (Å²) in [4.78, 5) is 29.1. The average Bonchev–Trinajstić information content (AvgIpc) is 3.01. The van der Waals surface area contributed by atoms with Gasteiger partial charge in [-0.25, -0.2) is 4.39 Å². The van der Waals surface area contributed by atoms with Crippen molar-refractivity contribution in [3.8, 4) is 5.75 Å². The van der Waals surface area contributed by atoms with Gasteiger partial charge in [-0.1, -0.05) is 26.0 Å². The Hall–Kier alpha value is -3.19. The van der Waals surface area contributed by atoms with Crippen LogP contribution in [0.25, 0.3) is 5.76 Å². The molecule has 1 N–H and O–H groups in total. The largest absolute Gasteiger partial charge is 0.507 e. The number of carbonyl (C=O) groups excluding carboxylic acids is 2. The van der Waals surface area contributed by atoms with Gasteiger partial charge >= 0.3 is 0 Å². The summed E-state index contributed by atoms with van der Waals surface area (Å²) in [7, 11) is 3.73. The zero-order valence-electron chi connectivity index (χ0n) is 18.8. The van der Waals surface area contributed by atoms with Gasteiger partial charge < -0.3 is 19.6 Å². The number of nitrogens with zero attached hydrogens (tertiary/aromatic N) is 2. The highest BCUT2D eigenvalue weighted by atomic mass is 19.1. The normalized spacial score (nSPS) is 18.1. The number of likely N-dealkylation sites (tertiary alicyclic amines) is 1. The maximum absolute atomic E-state index is 13.5. The van der Waals surface area contributed by atoms with Gasteiger partial charge in [0.2, 0.25) is 0 Å². The monoisotopic (exact) mass is 440 g/mol. The molecule has 2 aromatic carbocycles. The van der Waals surface area contributed by atoms with Gasteiger partial charge in [0.1, 0.15) is 17.3 Å². The standard InChI is InChI=1S/C25H29FN2O4/c1-16(2)15-32-20-11-7-18(8-12-20)23(29)21-22(17-5-9-19(26)10-6-17)28(14-13-27(3)4)25(31)24(21)30/h5-12,16,22,29H,13-15H2,1-4H3/b23-21+. The number of hydrogen-bond donors (Lipinski definition) is 1. The summed E-state index contributed by atoms with van der Waals surface area (Å²) in [6.07, 6.45) is 0. The number of ketones is 1. The smallest absolute Gasteiger partial charge is 0.295 e. The first-order valence-electron chi connectivity index (χ1n) is 10.6. The summed E-state index contributed by atoms with van der Waals surface area (Å²) in [5, 5.41) is 11.1. The molecule has 0 spiro atoms. The Labute approximate surface area is 187 Å². The molecule has 1 aliphatic rings. The van der Waals surface area contributed by atoms with Crippen molar-refractivity contribution in [2.75, 3.05) is 33.8 Å². The van der Waals surface area contributed by atoms with Crippen LogP contribution >= 0.6 is 0 Å². The number of ether oxygens (including phenoxy) is 1. The van der Waals surface area contributed by atoms with Crippen LogP contribution in [-0.2, 0) is 9.59 Å². The highest BCUT2D eigenvalue weighted by Gasteiger charge is 2.45. The number of benzene rings is 2. The number of Topliss-reactive ketones (excluding diaryl/α,β-unsaturated/α-hetero) is 1. The highest BCUT2D eigenvalue weighted by Crippen LogP contribution is 2.39. The molecule has 1 heterocycles. The van der Waals surface area contributed by atoms with Crippen LogP contribution in [0.15, 0.2) is 54.1 Å². The number of rotatable bonds is 8. The molecule has 7 heteroatoms. The molecule has 1 atom stereocenters. The van der Waals surface area contributed by atoms with E-state index in [0.717, 1.165) is 0 Å². The lowest BCUT2D eigenvalue weighted by Crippen LogP contribution is -2.35. The molecule has 0 aromatic heterocycles. The third kappa shape index (κ3) is 5.16. The zero-order valence-corrected chi connectivity index (χ0v) is 18.8. The topological polar surface area (TPSA) is 70.1 Å². The van der Waals surface area contributed by atoms with Gasteiger partial charge in [0.25, 0.3) is 11.7 Å². The van der Waals surface area contributed by atoms with E-state index in [4.69, 9.17) is 4.74 Å². The van der Waals surface area contributed by atoms with Crippen LogP contribution in [-0.4, -0.2) is 60.4 Å². The molecular weight excluding hydrogens is 411 g/mol. The molecule has 0 bridgehead atoms. The van der Waals surface area contributed by atoms with Crippen LogP contribution in [0.3, 0.4) is 0 Å². The molecule has 3 rings (SSSR count). The predicted molar refractivity (Wildman–Crippen MR) is 121 cm³/mol. The van der Waals surface area contributed by atoms with E-state index in [2.05, 4.69) is 0 Å². The van der Waals surface area contributed by atoms with Crippen molar-refractivity contribution in [2.45, 2.75) is 19.9 Å². The fourth-order valence-electron chi connectivity index (χ4n) is 3.54. The first-order chi connectivity index (χ1) is 15.2. The molecule has 0 saturated carbocycles. The second-order valence-electron chi connectivity index (χ2n) is 8.58. The maximum atomic E-state index is 13.5. The summed E-state index contributed by atoms with van der Waals surface area (Å²) in [5.41, 5.74) is 0.957. The number of aliphatic hydroxyl groups is 1. The predicted octanol–water partition coefficient (Wildman–Crippen LogP) is 3.84. The van der Waals surface area contributed by atoms with E-state index in [-0.39, 0.29) is 11.3 Å². The summed E-state index contributed by atoms with van der Waals surface area (Å²) in [6.45, 7) is 5.48. The van der Waals surface area contributed by atoms with Gasteiger partial charge in [-0.15, -0.1) is 0 Å².